The van der Waals surface area contributed by atoms with Crippen molar-refractivity contribution in [3.05, 3.63) is 0 Å². The number of hydrogen-bond donors (Lipinski definition) is 2. The topological polar surface area (TPSA) is 74.6 Å². The van der Waals surface area contributed by atoms with Crippen LogP contribution in [0.25, 0.3) is 0 Å². The van der Waals surface area contributed by atoms with E-state index in [-0.39, 0.29) is 75.5 Å². The van der Waals surface area contributed by atoms with Gasteiger partial charge in [0, 0.05) is 13.8 Å². The molecule has 0 fully saturated rings. The van der Waals surface area contributed by atoms with Crippen LogP contribution in [0.3, 0.4) is 0 Å². The van der Waals surface area contributed by atoms with Gasteiger partial charge in [-0.05, 0) is 0 Å². The van der Waals surface area contributed by atoms with E-state index < -0.39 is 11.9 Å². The zero-order valence-corrected chi connectivity index (χ0v) is 4.71. The van der Waals surface area contributed by atoms with Crippen LogP contribution in [0.2, 0.25) is 0 Å². The number of aliphatic carboxylic acids is 2. The first-order valence-corrected chi connectivity index (χ1v) is 1.86. The zero-order valence-electron chi connectivity index (χ0n) is 4.71. The quantitative estimate of drug-likeness (QED) is 0.464. The molecule has 0 amide bonds. The van der Waals surface area contributed by atoms with Gasteiger partial charge in [-0.15, -0.1) is 0 Å². The molecule has 0 bridgehead atoms. The summed E-state index contributed by atoms with van der Waals surface area (Å²) < 4.78 is 0. The van der Waals surface area contributed by atoms with Crippen molar-refractivity contribution in [2.45, 2.75) is 13.8 Å². The van der Waals surface area contributed by atoms with Gasteiger partial charge in [-0.25, -0.2) is 0 Å². The molecule has 4 nitrogen and oxygen atoms in total. The van der Waals surface area contributed by atoms with Gasteiger partial charge in [0.05, 0.1) is 0 Å². The minimum absolute atomic E-state index is 0. The zero-order chi connectivity index (χ0) is 7.15. The van der Waals surface area contributed by atoms with E-state index in [9.17, 15) is 0 Å². The van der Waals surface area contributed by atoms with Crippen molar-refractivity contribution in [1.82, 2.24) is 0 Å². The second kappa shape index (κ2) is 16.8. The van der Waals surface area contributed by atoms with E-state index in [1.165, 1.54) is 0 Å². The number of carboxylic acids is 2. The van der Waals surface area contributed by atoms with Gasteiger partial charge in [0.25, 0.3) is 11.9 Å². The van der Waals surface area contributed by atoms with Gasteiger partial charge in [-0.3, -0.25) is 9.59 Å². The van der Waals surface area contributed by atoms with Crippen molar-refractivity contribution >= 4 is 87.4 Å². The molecule has 0 aliphatic carbocycles. The molecule has 0 heterocycles. The van der Waals surface area contributed by atoms with Gasteiger partial charge in [0.15, 0.2) is 0 Å². The molecule has 6 heteroatoms. The van der Waals surface area contributed by atoms with Crippen molar-refractivity contribution in [3.63, 3.8) is 0 Å². The predicted molar refractivity (Wildman–Crippen MR) is 43.7 cm³/mol. The van der Waals surface area contributed by atoms with Gasteiger partial charge < -0.3 is 10.2 Å². The fourth-order valence-electron chi connectivity index (χ4n) is 0. The molecule has 0 saturated heterocycles. The number of rotatable bonds is 0. The number of hydrogen-bond acceptors (Lipinski definition) is 2. The normalized spacial score (nSPS) is 5.00. The Kier molecular flexibility index (Phi) is 37.9. The molecule has 0 aromatic carbocycles. The summed E-state index contributed by atoms with van der Waals surface area (Å²) in [5.74, 6) is -1.67. The van der Waals surface area contributed by atoms with Crippen molar-refractivity contribution in [2.75, 3.05) is 0 Å². The van der Waals surface area contributed by atoms with Crippen LogP contribution in [-0.4, -0.2) is 97.6 Å². The van der Waals surface area contributed by atoms with Gasteiger partial charge in [-0.1, -0.05) is 0 Å². The van der Waals surface area contributed by atoms with Crippen LogP contribution >= 0.6 is 0 Å². The Bertz CT molecular complexity index is 73.3. The average Bonchev–Trinajstić information content (AvgIpc) is 1.25. The SMILES string of the molecule is CC(=O)O.CC(=O)O.[CaH2].[CaH2]. The van der Waals surface area contributed by atoms with Crippen LogP contribution in [0, 0.1) is 0 Å². The summed E-state index contributed by atoms with van der Waals surface area (Å²) in [5, 5.41) is 14.8. The van der Waals surface area contributed by atoms with Crippen molar-refractivity contribution in [2.24, 2.45) is 0 Å². The summed E-state index contributed by atoms with van der Waals surface area (Å²) in [7, 11) is 0. The average molecular weight is 204 g/mol. The predicted octanol–water partition coefficient (Wildman–Crippen LogP) is -1.65. The first-order chi connectivity index (χ1) is 3.46. The molecule has 0 atom stereocenters. The fourth-order valence-corrected chi connectivity index (χ4v) is 0. The Labute approximate surface area is 119 Å². The molecule has 0 aliphatic heterocycles. The fraction of sp³-hybridized carbons (Fsp3) is 0.500. The van der Waals surface area contributed by atoms with E-state index >= 15 is 0 Å². The van der Waals surface area contributed by atoms with E-state index in [2.05, 4.69) is 0 Å². The van der Waals surface area contributed by atoms with Crippen molar-refractivity contribution in [3.8, 4) is 0 Å². The van der Waals surface area contributed by atoms with Crippen molar-refractivity contribution < 1.29 is 19.8 Å². The Morgan fingerprint density at radius 2 is 0.900 bits per heavy atom. The van der Waals surface area contributed by atoms with E-state index in [0.29, 0.717) is 0 Å². The minimum atomic E-state index is -0.833. The van der Waals surface area contributed by atoms with E-state index in [1.807, 2.05) is 0 Å². The molecule has 0 aromatic heterocycles. The second-order valence-corrected chi connectivity index (χ2v) is 1.04. The van der Waals surface area contributed by atoms with E-state index in [4.69, 9.17) is 19.8 Å². The van der Waals surface area contributed by atoms with Crippen LogP contribution in [0.1, 0.15) is 13.8 Å². The summed E-state index contributed by atoms with van der Waals surface area (Å²) in [5.41, 5.74) is 0. The monoisotopic (exact) mass is 204 g/mol. The molecule has 0 aromatic rings. The third kappa shape index (κ3) is 318. The molecule has 0 unspecified atom stereocenters. The maximum absolute atomic E-state index is 9.00. The van der Waals surface area contributed by atoms with Gasteiger partial charge in [0.1, 0.15) is 0 Å². The molecule has 10 heavy (non-hydrogen) atoms. The van der Waals surface area contributed by atoms with E-state index in [0.717, 1.165) is 13.8 Å². The van der Waals surface area contributed by atoms with Gasteiger partial charge >= 0.3 is 75.5 Å². The molecule has 0 radical (unpaired) electrons. The Hall–Kier alpha value is 1.46. The molecule has 2 N–H and O–H groups in total. The van der Waals surface area contributed by atoms with Crippen LogP contribution < -0.4 is 0 Å². The maximum atomic E-state index is 9.00. The van der Waals surface area contributed by atoms with Crippen LogP contribution in [0.15, 0.2) is 0 Å². The Balaban J connectivity index is -0.0000000300. The Morgan fingerprint density at radius 3 is 0.900 bits per heavy atom. The van der Waals surface area contributed by atoms with Gasteiger partial charge in [-0.2, -0.15) is 0 Å². The summed E-state index contributed by atoms with van der Waals surface area (Å²) in [6.07, 6.45) is 0. The van der Waals surface area contributed by atoms with Crippen LogP contribution in [0.4, 0.5) is 0 Å². The molecular weight excluding hydrogens is 192 g/mol. The molecule has 0 spiro atoms. The summed E-state index contributed by atoms with van der Waals surface area (Å²) in [6.45, 7) is 2.17. The second-order valence-electron chi connectivity index (χ2n) is 1.04. The molecular formula is C4H12Ca2O4. The standard InChI is InChI=1S/2C2H4O2.2Ca.4H/c2*1-2(3)4;;;;;;/h2*1H3,(H,3,4);;;;;;. The first kappa shape index (κ1) is 22.5. The summed E-state index contributed by atoms with van der Waals surface area (Å²) in [4.78, 5) is 18.0. The van der Waals surface area contributed by atoms with Crippen molar-refractivity contribution in [1.29, 1.82) is 0 Å². The number of carbonyl (C=O) groups is 2. The first-order valence-electron chi connectivity index (χ1n) is 1.86. The van der Waals surface area contributed by atoms with E-state index in [1.54, 1.807) is 0 Å². The third-order valence-corrected chi connectivity index (χ3v) is 0. The summed E-state index contributed by atoms with van der Waals surface area (Å²) in [6, 6.07) is 0. The van der Waals surface area contributed by atoms with Crippen LogP contribution in [-0.2, 0) is 9.59 Å². The molecule has 0 saturated carbocycles. The molecule has 0 aliphatic rings. The Morgan fingerprint density at radius 1 is 0.900 bits per heavy atom. The number of carboxylic acid groups (broad SMARTS) is 2. The third-order valence-electron chi connectivity index (χ3n) is 0. The molecule has 56 valence electrons. The summed E-state index contributed by atoms with van der Waals surface area (Å²) >= 11 is 0. The molecule has 0 rings (SSSR count). The van der Waals surface area contributed by atoms with Gasteiger partial charge in [0.2, 0.25) is 0 Å². The van der Waals surface area contributed by atoms with Crippen LogP contribution in [0.5, 0.6) is 0 Å².